The predicted molar refractivity (Wildman–Crippen MR) is 116 cm³/mol. The quantitative estimate of drug-likeness (QED) is 0.435. The Morgan fingerprint density at radius 3 is 2.64 bits per heavy atom. The van der Waals surface area contributed by atoms with Gasteiger partial charge >= 0.3 is 0 Å². The number of aromatic nitrogens is 3. The molecular weight excluding hydrogens is 406 g/mol. The molecule has 0 aliphatic carbocycles. The summed E-state index contributed by atoms with van der Waals surface area (Å²) in [7, 11) is 0. The van der Waals surface area contributed by atoms with Gasteiger partial charge in [0.05, 0.1) is 27.5 Å². The molecule has 3 aromatic heterocycles. The second kappa shape index (κ2) is 8.10. The molecular formula is C20H15N5S3. The number of aryl methyl sites for hydroxylation is 1. The van der Waals surface area contributed by atoms with E-state index in [1.54, 1.807) is 17.4 Å². The van der Waals surface area contributed by atoms with Crippen molar-refractivity contribution in [2.75, 3.05) is 5.73 Å². The lowest BCUT2D eigenvalue weighted by Crippen LogP contribution is -1.99. The molecule has 0 bridgehead atoms. The Hall–Kier alpha value is -2.73. The molecule has 3 heterocycles. The number of pyridine rings is 1. The Balaban J connectivity index is 1.62. The van der Waals surface area contributed by atoms with Gasteiger partial charge in [-0.15, -0.1) is 22.7 Å². The van der Waals surface area contributed by atoms with Crippen LogP contribution in [0.25, 0.3) is 21.8 Å². The van der Waals surface area contributed by atoms with Crippen LogP contribution < -0.4 is 5.73 Å². The molecule has 0 aliphatic rings. The van der Waals surface area contributed by atoms with E-state index in [1.807, 2.05) is 48.0 Å². The smallest absolute Gasteiger partial charge is 0.135 e. The minimum atomic E-state index is 0.380. The fourth-order valence-electron chi connectivity index (χ4n) is 2.63. The zero-order chi connectivity index (χ0) is 19.5. The van der Waals surface area contributed by atoms with E-state index in [0.29, 0.717) is 27.7 Å². The molecule has 0 atom stereocenters. The van der Waals surface area contributed by atoms with E-state index in [9.17, 15) is 5.26 Å². The van der Waals surface area contributed by atoms with Crippen molar-refractivity contribution >= 4 is 40.3 Å². The van der Waals surface area contributed by atoms with Crippen molar-refractivity contribution in [2.24, 2.45) is 0 Å². The normalized spacial score (nSPS) is 10.7. The van der Waals surface area contributed by atoms with Gasteiger partial charge in [-0.3, -0.25) is 0 Å². The molecule has 0 saturated carbocycles. The largest absolute Gasteiger partial charge is 0.383 e. The Morgan fingerprint density at radius 1 is 1.11 bits per heavy atom. The highest BCUT2D eigenvalue weighted by Crippen LogP contribution is 2.35. The van der Waals surface area contributed by atoms with Gasteiger partial charge in [0, 0.05) is 22.1 Å². The number of nitrogens with zero attached hydrogens (tertiary/aromatic N) is 4. The third kappa shape index (κ3) is 3.92. The van der Waals surface area contributed by atoms with Gasteiger partial charge in [0.25, 0.3) is 0 Å². The predicted octanol–water partition coefficient (Wildman–Crippen LogP) is 5.38. The molecule has 4 aromatic rings. The van der Waals surface area contributed by atoms with Crippen LogP contribution in [0.3, 0.4) is 0 Å². The molecule has 0 spiro atoms. The minimum absolute atomic E-state index is 0.380. The highest BCUT2D eigenvalue weighted by molar-refractivity contribution is 7.98. The Morgan fingerprint density at radius 2 is 1.93 bits per heavy atom. The summed E-state index contributed by atoms with van der Waals surface area (Å²) < 4.78 is 0. The maximum Gasteiger partial charge on any atom is 0.135 e. The first-order chi connectivity index (χ1) is 13.6. The molecule has 1 aromatic carbocycles. The Labute approximate surface area is 174 Å². The second-order valence-corrected chi connectivity index (χ2v) is 8.82. The summed E-state index contributed by atoms with van der Waals surface area (Å²) in [5.74, 6) is 1.03. The molecule has 0 fully saturated rings. The number of thioether (sulfide) groups is 1. The third-order valence-corrected chi connectivity index (χ3v) is 6.69. The molecule has 4 rings (SSSR count). The summed E-state index contributed by atoms with van der Waals surface area (Å²) in [5, 5.41) is 16.0. The third-order valence-electron chi connectivity index (χ3n) is 3.96. The number of nitriles is 1. The number of nitrogen functional groups attached to an aromatic ring is 1. The summed E-state index contributed by atoms with van der Waals surface area (Å²) in [5.41, 5.74) is 10.3. The van der Waals surface area contributed by atoms with Crippen molar-refractivity contribution < 1.29 is 0 Å². The van der Waals surface area contributed by atoms with Crippen LogP contribution in [0.5, 0.6) is 0 Å². The lowest BCUT2D eigenvalue weighted by molar-refractivity contribution is 1.11. The van der Waals surface area contributed by atoms with Crippen LogP contribution in [-0.4, -0.2) is 15.0 Å². The molecule has 28 heavy (non-hydrogen) atoms. The van der Waals surface area contributed by atoms with Gasteiger partial charge in [-0.05, 0) is 13.0 Å². The Kier molecular flexibility index (Phi) is 5.39. The van der Waals surface area contributed by atoms with Crippen LogP contribution in [0.2, 0.25) is 0 Å². The molecule has 5 nitrogen and oxygen atoms in total. The molecule has 0 unspecified atom stereocenters. The van der Waals surface area contributed by atoms with E-state index in [0.717, 1.165) is 27.0 Å². The van der Waals surface area contributed by atoms with Crippen molar-refractivity contribution in [1.82, 2.24) is 15.0 Å². The highest BCUT2D eigenvalue weighted by Gasteiger charge is 2.15. The molecule has 0 aliphatic heterocycles. The molecule has 0 amide bonds. The van der Waals surface area contributed by atoms with E-state index in [4.69, 9.17) is 5.73 Å². The fourth-order valence-corrected chi connectivity index (χ4v) is 5.05. The number of rotatable bonds is 5. The zero-order valence-corrected chi connectivity index (χ0v) is 17.4. The lowest BCUT2D eigenvalue weighted by Gasteiger charge is -2.07. The number of hydrogen-bond donors (Lipinski definition) is 1. The first-order valence-electron chi connectivity index (χ1n) is 8.40. The maximum atomic E-state index is 9.59. The number of hydrogen-bond acceptors (Lipinski definition) is 8. The van der Waals surface area contributed by atoms with Gasteiger partial charge in [-0.2, -0.15) is 5.26 Å². The van der Waals surface area contributed by atoms with Gasteiger partial charge in [0.1, 0.15) is 21.9 Å². The van der Waals surface area contributed by atoms with Crippen molar-refractivity contribution in [2.45, 2.75) is 17.7 Å². The lowest BCUT2D eigenvalue weighted by atomic mass is 10.2. The fraction of sp³-hybridized carbons (Fsp3) is 0.100. The van der Waals surface area contributed by atoms with Crippen molar-refractivity contribution in [3.63, 3.8) is 0 Å². The number of benzene rings is 1. The van der Waals surface area contributed by atoms with Crippen LogP contribution in [0.15, 0.2) is 52.2 Å². The molecule has 2 N–H and O–H groups in total. The van der Waals surface area contributed by atoms with Crippen LogP contribution >= 0.6 is 34.4 Å². The van der Waals surface area contributed by atoms with Crippen LogP contribution in [0.1, 0.15) is 16.3 Å². The zero-order valence-electron chi connectivity index (χ0n) is 14.9. The van der Waals surface area contributed by atoms with E-state index in [2.05, 4.69) is 21.0 Å². The van der Waals surface area contributed by atoms with E-state index in [1.165, 1.54) is 23.1 Å². The molecule has 8 heteroatoms. The topological polar surface area (TPSA) is 88.5 Å². The molecule has 138 valence electrons. The maximum absolute atomic E-state index is 9.59. The van der Waals surface area contributed by atoms with Crippen molar-refractivity contribution in [1.29, 1.82) is 5.26 Å². The summed E-state index contributed by atoms with van der Waals surface area (Å²) >= 11 is 4.58. The monoisotopic (exact) mass is 421 g/mol. The Bertz CT molecular complexity index is 1160. The van der Waals surface area contributed by atoms with Crippen molar-refractivity contribution in [3.05, 3.63) is 63.4 Å². The van der Waals surface area contributed by atoms with Gasteiger partial charge in [-0.1, -0.05) is 42.1 Å². The summed E-state index contributed by atoms with van der Waals surface area (Å²) in [6, 6.07) is 14.0. The number of nitrogens with two attached hydrogens (primary N) is 1. The van der Waals surface area contributed by atoms with Gasteiger partial charge in [0.15, 0.2) is 0 Å². The van der Waals surface area contributed by atoms with E-state index < -0.39 is 0 Å². The van der Waals surface area contributed by atoms with Gasteiger partial charge < -0.3 is 5.73 Å². The van der Waals surface area contributed by atoms with E-state index in [-0.39, 0.29) is 0 Å². The molecule has 0 saturated heterocycles. The average molecular weight is 422 g/mol. The van der Waals surface area contributed by atoms with Crippen LogP contribution in [-0.2, 0) is 5.75 Å². The van der Waals surface area contributed by atoms with Gasteiger partial charge in [-0.25, -0.2) is 15.0 Å². The average Bonchev–Trinajstić information content (AvgIpc) is 3.36. The van der Waals surface area contributed by atoms with Crippen LogP contribution in [0.4, 0.5) is 5.82 Å². The van der Waals surface area contributed by atoms with Crippen molar-refractivity contribution in [3.8, 4) is 27.9 Å². The second-order valence-electron chi connectivity index (χ2n) is 5.94. The van der Waals surface area contributed by atoms with Gasteiger partial charge in [0.2, 0.25) is 0 Å². The number of thiazole rings is 2. The highest BCUT2D eigenvalue weighted by atomic mass is 32.2. The standard InChI is InChI=1S/C20H15N5S3/c1-12-23-15(9-26-12)10-27-19-14(8-21)7-16(18(22)25-19)20-24-17(11-28-20)13-5-3-2-4-6-13/h2-7,9,11H,10H2,1H3,(H2,22,25). The van der Waals surface area contributed by atoms with E-state index >= 15 is 0 Å². The number of anilines is 1. The van der Waals surface area contributed by atoms with Crippen LogP contribution in [0, 0.1) is 18.3 Å². The molecule has 0 radical (unpaired) electrons. The SMILES string of the molecule is Cc1nc(CSc2nc(N)c(-c3nc(-c4ccccc4)cs3)cc2C#N)cs1. The summed E-state index contributed by atoms with van der Waals surface area (Å²) in [6.07, 6.45) is 0. The summed E-state index contributed by atoms with van der Waals surface area (Å²) in [4.78, 5) is 13.6. The summed E-state index contributed by atoms with van der Waals surface area (Å²) in [6.45, 7) is 1.97. The first kappa shape index (κ1) is 18.6. The minimum Gasteiger partial charge on any atom is -0.383 e. The first-order valence-corrected chi connectivity index (χ1v) is 11.1.